The van der Waals surface area contributed by atoms with Crippen molar-refractivity contribution in [3.05, 3.63) is 23.8 Å². The van der Waals surface area contributed by atoms with E-state index in [9.17, 15) is 4.79 Å². The monoisotopic (exact) mass is 236 g/mol. The van der Waals surface area contributed by atoms with Gasteiger partial charge in [-0.2, -0.15) is 0 Å². The van der Waals surface area contributed by atoms with Gasteiger partial charge in [-0.15, -0.1) is 11.8 Å². The number of carbonyl (C=O) groups is 1. The first kappa shape index (κ1) is 11.5. The second kappa shape index (κ2) is 4.89. The molecule has 1 aliphatic heterocycles. The maximum atomic E-state index is 11.5. The minimum absolute atomic E-state index is 0.00174. The van der Waals surface area contributed by atoms with E-state index >= 15 is 0 Å². The van der Waals surface area contributed by atoms with Crippen LogP contribution in [0.1, 0.15) is 19.4 Å². The summed E-state index contributed by atoms with van der Waals surface area (Å²) in [5, 5.41) is 6.21. The maximum Gasteiger partial charge on any atom is 0.237 e. The molecule has 1 aromatic rings. The molecule has 0 bridgehead atoms. The highest BCUT2D eigenvalue weighted by atomic mass is 32.2. The largest absolute Gasteiger partial charge is 0.324 e. The molecule has 2 rings (SSSR count). The molecule has 0 aliphatic carbocycles. The summed E-state index contributed by atoms with van der Waals surface area (Å²) in [7, 11) is 0. The Kier molecular flexibility index (Phi) is 3.51. The van der Waals surface area contributed by atoms with Crippen LogP contribution in [0.2, 0.25) is 0 Å². The fraction of sp³-hybridized carbons (Fsp3) is 0.417. The summed E-state index contributed by atoms with van der Waals surface area (Å²) in [6.07, 6.45) is 0. The Morgan fingerprint density at radius 2 is 2.31 bits per heavy atom. The summed E-state index contributed by atoms with van der Waals surface area (Å²) in [5.74, 6) is 0.0944. The number of amides is 1. The van der Waals surface area contributed by atoms with Gasteiger partial charge < -0.3 is 10.6 Å². The van der Waals surface area contributed by atoms with Crippen LogP contribution < -0.4 is 10.6 Å². The topological polar surface area (TPSA) is 41.1 Å². The SMILES string of the molecule is CCNCc1ccc2c(c1)SC(C)C(=O)N2. The van der Waals surface area contributed by atoms with Crippen molar-refractivity contribution in [2.24, 2.45) is 0 Å². The smallest absolute Gasteiger partial charge is 0.237 e. The average Bonchev–Trinajstić information content (AvgIpc) is 2.28. The van der Waals surface area contributed by atoms with Gasteiger partial charge in [-0.1, -0.05) is 13.0 Å². The number of hydrogen-bond acceptors (Lipinski definition) is 3. The predicted octanol–water partition coefficient (Wildman–Crippen LogP) is 2.23. The van der Waals surface area contributed by atoms with E-state index in [1.807, 2.05) is 13.0 Å². The standard InChI is InChI=1S/C12H16N2OS/c1-3-13-7-9-4-5-10-11(6-9)16-8(2)12(15)14-10/h4-6,8,13H,3,7H2,1-2H3,(H,14,15). The zero-order valence-corrected chi connectivity index (χ0v) is 10.4. The first-order chi connectivity index (χ1) is 7.70. The second-order valence-electron chi connectivity index (χ2n) is 3.86. The van der Waals surface area contributed by atoms with Gasteiger partial charge in [0, 0.05) is 11.4 Å². The van der Waals surface area contributed by atoms with Gasteiger partial charge >= 0.3 is 0 Å². The lowest BCUT2D eigenvalue weighted by Crippen LogP contribution is -2.26. The highest BCUT2D eigenvalue weighted by Gasteiger charge is 2.22. The lowest BCUT2D eigenvalue weighted by molar-refractivity contribution is -0.115. The van der Waals surface area contributed by atoms with E-state index in [-0.39, 0.29) is 11.2 Å². The summed E-state index contributed by atoms with van der Waals surface area (Å²) in [6, 6.07) is 6.19. The summed E-state index contributed by atoms with van der Waals surface area (Å²) in [5.41, 5.74) is 2.20. The first-order valence-electron chi connectivity index (χ1n) is 5.52. The third-order valence-corrected chi connectivity index (χ3v) is 3.72. The van der Waals surface area contributed by atoms with E-state index in [0.717, 1.165) is 18.8 Å². The summed E-state index contributed by atoms with van der Waals surface area (Å²) < 4.78 is 0. The minimum atomic E-state index is 0.00174. The lowest BCUT2D eigenvalue weighted by Gasteiger charge is -2.21. The van der Waals surface area contributed by atoms with Gasteiger partial charge in [-0.05, 0) is 31.2 Å². The Balaban J connectivity index is 2.19. The van der Waals surface area contributed by atoms with Crippen LogP contribution in [0.5, 0.6) is 0 Å². The Hall–Kier alpha value is -1.00. The molecule has 1 heterocycles. The molecule has 0 saturated heterocycles. The molecule has 1 amide bonds. The summed E-state index contributed by atoms with van der Waals surface area (Å²) in [6.45, 7) is 5.87. The van der Waals surface area contributed by atoms with E-state index in [4.69, 9.17) is 0 Å². The van der Waals surface area contributed by atoms with Crippen LogP contribution in [0.25, 0.3) is 0 Å². The summed E-state index contributed by atoms with van der Waals surface area (Å²) in [4.78, 5) is 12.6. The molecule has 3 nitrogen and oxygen atoms in total. The fourth-order valence-corrected chi connectivity index (χ4v) is 2.64. The molecule has 2 N–H and O–H groups in total. The number of hydrogen-bond donors (Lipinski definition) is 2. The fourth-order valence-electron chi connectivity index (χ4n) is 1.63. The van der Waals surface area contributed by atoms with Gasteiger partial charge in [-0.3, -0.25) is 4.79 Å². The molecule has 1 atom stereocenters. The number of nitrogens with one attached hydrogen (secondary N) is 2. The minimum Gasteiger partial charge on any atom is -0.324 e. The number of thioether (sulfide) groups is 1. The molecule has 16 heavy (non-hydrogen) atoms. The van der Waals surface area contributed by atoms with Crippen LogP contribution in [0.4, 0.5) is 5.69 Å². The molecule has 0 saturated carbocycles. The van der Waals surface area contributed by atoms with E-state index < -0.39 is 0 Å². The van der Waals surface area contributed by atoms with Gasteiger partial charge in [-0.25, -0.2) is 0 Å². The Bertz CT molecular complexity index is 406. The van der Waals surface area contributed by atoms with E-state index in [0.29, 0.717) is 0 Å². The normalized spacial score (nSPS) is 19.1. The first-order valence-corrected chi connectivity index (χ1v) is 6.40. The van der Waals surface area contributed by atoms with Crippen molar-refractivity contribution in [3.63, 3.8) is 0 Å². The molecular formula is C12H16N2OS. The quantitative estimate of drug-likeness (QED) is 0.845. The molecule has 86 valence electrons. The van der Waals surface area contributed by atoms with Crippen molar-refractivity contribution in [3.8, 4) is 0 Å². The van der Waals surface area contributed by atoms with Crippen LogP contribution in [-0.4, -0.2) is 17.7 Å². The number of anilines is 1. The van der Waals surface area contributed by atoms with Crippen LogP contribution in [0.3, 0.4) is 0 Å². The Morgan fingerprint density at radius 1 is 1.50 bits per heavy atom. The Morgan fingerprint density at radius 3 is 3.06 bits per heavy atom. The van der Waals surface area contributed by atoms with Crippen molar-refractivity contribution < 1.29 is 4.79 Å². The highest BCUT2D eigenvalue weighted by molar-refractivity contribution is 8.00. The molecule has 1 aliphatic rings. The molecule has 0 radical (unpaired) electrons. The average molecular weight is 236 g/mol. The predicted molar refractivity (Wildman–Crippen MR) is 67.8 cm³/mol. The number of fused-ring (bicyclic) bond motifs is 1. The van der Waals surface area contributed by atoms with E-state index in [1.165, 1.54) is 10.5 Å². The van der Waals surface area contributed by atoms with Gasteiger partial charge in [0.2, 0.25) is 5.91 Å². The second-order valence-corrected chi connectivity index (χ2v) is 5.24. The summed E-state index contributed by atoms with van der Waals surface area (Å²) >= 11 is 1.63. The van der Waals surface area contributed by atoms with Crippen molar-refractivity contribution in [2.45, 2.75) is 30.5 Å². The third kappa shape index (κ3) is 2.39. The maximum absolute atomic E-state index is 11.5. The molecule has 0 fully saturated rings. The zero-order chi connectivity index (χ0) is 11.5. The van der Waals surface area contributed by atoms with Crippen molar-refractivity contribution in [1.29, 1.82) is 0 Å². The van der Waals surface area contributed by atoms with Gasteiger partial charge in [0.1, 0.15) is 0 Å². The molecule has 0 aromatic heterocycles. The van der Waals surface area contributed by atoms with Crippen LogP contribution in [0, 0.1) is 0 Å². The zero-order valence-electron chi connectivity index (χ0n) is 9.54. The van der Waals surface area contributed by atoms with Crippen LogP contribution in [-0.2, 0) is 11.3 Å². The van der Waals surface area contributed by atoms with Gasteiger partial charge in [0.15, 0.2) is 0 Å². The molecule has 0 spiro atoms. The molecular weight excluding hydrogens is 220 g/mol. The number of benzene rings is 1. The molecule has 4 heteroatoms. The number of carbonyl (C=O) groups excluding carboxylic acids is 1. The lowest BCUT2D eigenvalue weighted by atomic mass is 10.2. The molecule has 1 aromatic carbocycles. The van der Waals surface area contributed by atoms with Crippen LogP contribution >= 0.6 is 11.8 Å². The third-order valence-electron chi connectivity index (χ3n) is 2.56. The van der Waals surface area contributed by atoms with Crippen molar-refractivity contribution in [2.75, 3.05) is 11.9 Å². The van der Waals surface area contributed by atoms with Gasteiger partial charge in [0.05, 0.1) is 10.9 Å². The van der Waals surface area contributed by atoms with Crippen LogP contribution in [0.15, 0.2) is 23.1 Å². The van der Waals surface area contributed by atoms with E-state index in [2.05, 4.69) is 29.7 Å². The number of rotatable bonds is 3. The Labute approximate surface area is 100.0 Å². The van der Waals surface area contributed by atoms with Gasteiger partial charge in [0.25, 0.3) is 0 Å². The highest BCUT2D eigenvalue weighted by Crippen LogP contribution is 2.35. The molecule has 1 unspecified atom stereocenters. The van der Waals surface area contributed by atoms with E-state index in [1.54, 1.807) is 11.8 Å². The van der Waals surface area contributed by atoms with Crippen molar-refractivity contribution in [1.82, 2.24) is 5.32 Å². The van der Waals surface area contributed by atoms with Crippen molar-refractivity contribution >= 4 is 23.4 Å².